The molecule has 1 unspecified atom stereocenters. The SMILES string of the molecule is N#CCC1CNCCN1c1ccc(F)c(Cl)c1. The second-order valence-electron chi connectivity index (χ2n) is 4.01. The molecule has 1 heterocycles. The first kappa shape index (κ1) is 12.2. The number of hydrogen-bond acceptors (Lipinski definition) is 3. The predicted octanol–water partition coefficient (Wildman–Crippen LogP) is 2.17. The van der Waals surface area contributed by atoms with Gasteiger partial charge in [0.1, 0.15) is 5.82 Å². The van der Waals surface area contributed by atoms with Gasteiger partial charge in [0.15, 0.2) is 0 Å². The average molecular weight is 254 g/mol. The van der Waals surface area contributed by atoms with Crippen molar-refractivity contribution in [2.45, 2.75) is 12.5 Å². The second kappa shape index (κ2) is 5.35. The number of rotatable bonds is 2. The Hall–Kier alpha value is -1.31. The minimum Gasteiger partial charge on any atom is -0.365 e. The minimum absolute atomic E-state index is 0.121. The summed E-state index contributed by atoms with van der Waals surface area (Å²) >= 11 is 5.78. The molecule has 3 nitrogen and oxygen atoms in total. The number of nitriles is 1. The maximum atomic E-state index is 13.1. The van der Waals surface area contributed by atoms with Crippen molar-refractivity contribution in [1.82, 2.24) is 5.32 Å². The quantitative estimate of drug-likeness (QED) is 0.878. The van der Waals surface area contributed by atoms with Gasteiger partial charge in [0, 0.05) is 25.3 Å². The van der Waals surface area contributed by atoms with Gasteiger partial charge in [-0.15, -0.1) is 0 Å². The lowest BCUT2D eigenvalue weighted by Crippen LogP contribution is -2.51. The van der Waals surface area contributed by atoms with Crippen molar-refractivity contribution in [3.63, 3.8) is 0 Å². The molecule has 17 heavy (non-hydrogen) atoms. The summed E-state index contributed by atoms with van der Waals surface area (Å²) in [5.41, 5.74) is 0.873. The maximum absolute atomic E-state index is 13.1. The lowest BCUT2D eigenvalue weighted by atomic mass is 10.1. The van der Waals surface area contributed by atoms with Gasteiger partial charge in [-0.3, -0.25) is 0 Å². The molecule has 5 heteroatoms. The highest BCUT2D eigenvalue weighted by Crippen LogP contribution is 2.25. The Kier molecular flexibility index (Phi) is 3.82. The van der Waals surface area contributed by atoms with Crippen LogP contribution in [0.4, 0.5) is 10.1 Å². The van der Waals surface area contributed by atoms with Gasteiger partial charge in [-0.25, -0.2) is 4.39 Å². The zero-order valence-corrected chi connectivity index (χ0v) is 10.0. The van der Waals surface area contributed by atoms with E-state index in [1.807, 2.05) is 0 Å². The van der Waals surface area contributed by atoms with Gasteiger partial charge >= 0.3 is 0 Å². The summed E-state index contributed by atoms with van der Waals surface area (Å²) in [4.78, 5) is 2.10. The standard InChI is InChI=1S/C12H13ClFN3/c13-11-7-9(1-2-12(11)14)17-6-5-16-8-10(17)3-4-15/h1-2,7,10,16H,3,5-6,8H2. The van der Waals surface area contributed by atoms with E-state index >= 15 is 0 Å². The smallest absolute Gasteiger partial charge is 0.141 e. The van der Waals surface area contributed by atoms with Gasteiger partial charge in [-0.1, -0.05) is 11.6 Å². The first-order chi connectivity index (χ1) is 8.22. The Morgan fingerprint density at radius 1 is 1.59 bits per heavy atom. The number of anilines is 1. The highest BCUT2D eigenvalue weighted by Gasteiger charge is 2.22. The van der Waals surface area contributed by atoms with E-state index < -0.39 is 5.82 Å². The molecule has 1 N–H and O–H groups in total. The van der Waals surface area contributed by atoms with E-state index in [2.05, 4.69) is 16.3 Å². The Bertz CT molecular complexity index is 444. The molecule has 1 atom stereocenters. The highest BCUT2D eigenvalue weighted by molar-refractivity contribution is 6.31. The summed E-state index contributed by atoms with van der Waals surface area (Å²) in [5.74, 6) is -0.414. The zero-order chi connectivity index (χ0) is 12.3. The van der Waals surface area contributed by atoms with Gasteiger partial charge in [0.2, 0.25) is 0 Å². The molecular weight excluding hydrogens is 241 g/mol. The third kappa shape index (κ3) is 2.68. The van der Waals surface area contributed by atoms with Crippen molar-refractivity contribution < 1.29 is 4.39 Å². The fourth-order valence-electron chi connectivity index (χ4n) is 2.05. The number of piperazine rings is 1. The molecule has 0 aromatic heterocycles. The second-order valence-corrected chi connectivity index (χ2v) is 4.42. The van der Waals surface area contributed by atoms with Crippen LogP contribution >= 0.6 is 11.6 Å². The number of halogens is 2. The van der Waals surface area contributed by atoms with Crippen molar-refractivity contribution in [3.05, 3.63) is 29.0 Å². The van der Waals surface area contributed by atoms with E-state index in [4.69, 9.17) is 16.9 Å². The third-order valence-electron chi connectivity index (χ3n) is 2.91. The fourth-order valence-corrected chi connectivity index (χ4v) is 2.23. The molecule has 1 aliphatic rings. The van der Waals surface area contributed by atoms with Crippen LogP contribution in [0.1, 0.15) is 6.42 Å². The van der Waals surface area contributed by atoms with E-state index in [0.29, 0.717) is 6.42 Å². The molecule has 2 rings (SSSR count). The van der Waals surface area contributed by atoms with Crippen molar-refractivity contribution in [1.29, 1.82) is 5.26 Å². The van der Waals surface area contributed by atoms with Gasteiger partial charge in [-0.2, -0.15) is 5.26 Å². The molecule has 0 aliphatic carbocycles. The van der Waals surface area contributed by atoms with Crippen LogP contribution < -0.4 is 10.2 Å². The van der Waals surface area contributed by atoms with Crippen molar-refractivity contribution >= 4 is 17.3 Å². The van der Waals surface area contributed by atoms with Crippen LogP contribution in [0.25, 0.3) is 0 Å². The number of nitrogens with zero attached hydrogens (tertiary/aromatic N) is 2. The molecule has 0 bridgehead atoms. The highest BCUT2D eigenvalue weighted by atomic mass is 35.5. The fraction of sp³-hybridized carbons (Fsp3) is 0.417. The van der Waals surface area contributed by atoms with Crippen LogP contribution in [0.15, 0.2) is 18.2 Å². The molecule has 0 spiro atoms. The van der Waals surface area contributed by atoms with E-state index in [1.54, 1.807) is 12.1 Å². The Balaban J connectivity index is 2.23. The zero-order valence-electron chi connectivity index (χ0n) is 9.29. The Morgan fingerprint density at radius 3 is 3.12 bits per heavy atom. The maximum Gasteiger partial charge on any atom is 0.141 e. The summed E-state index contributed by atoms with van der Waals surface area (Å²) in [6.45, 7) is 2.42. The van der Waals surface area contributed by atoms with Crippen LogP contribution in [-0.4, -0.2) is 25.7 Å². The molecule has 1 aromatic rings. The van der Waals surface area contributed by atoms with Gasteiger partial charge in [0.25, 0.3) is 0 Å². The third-order valence-corrected chi connectivity index (χ3v) is 3.20. The summed E-state index contributed by atoms with van der Waals surface area (Å²) < 4.78 is 13.1. The first-order valence-electron chi connectivity index (χ1n) is 5.51. The molecule has 0 radical (unpaired) electrons. The Morgan fingerprint density at radius 2 is 2.41 bits per heavy atom. The van der Waals surface area contributed by atoms with E-state index in [0.717, 1.165) is 25.3 Å². The van der Waals surface area contributed by atoms with E-state index in [-0.39, 0.29) is 11.1 Å². The summed E-state index contributed by atoms with van der Waals surface area (Å²) in [6, 6.07) is 6.98. The van der Waals surface area contributed by atoms with Gasteiger partial charge < -0.3 is 10.2 Å². The van der Waals surface area contributed by atoms with Crippen molar-refractivity contribution in [2.75, 3.05) is 24.5 Å². The molecule has 0 saturated carbocycles. The lowest BCUT2D eigenvalue weighted by Gasteiger charge is -2.37. The molecule has 1 fully saturated rings. The van der Waals surface area contributed by atoms with Gasteiger partial charge in [-0.05, 0) is 18.2 Å². The molecule has 1 saturated heterocycles. The monoisotopic (exact) mass is 253 g/mol. The number of hydrogen-bond donors (Lipinski definition) is 1. The largest absolute Gasteiger partial charge is 0.365 e. The predicted molar refractivity (Wildman–Crippen MR) is 65.6 cm³/mol. The normalized spacial score (nSPS) is 20.1. The number of nitrogens with one attached hydrogen (secondary N) is 1. The van der Waals surface area contributed by atoms with Crippen molar-refractivity contribution in [2.24, 2.45) is 0 Å². The van der Waals surface area contributed by atoms with Gasteiger partial charge in [0.05, 0.1) is 23.6 Å². The van der Waals surface area contributed by atoms with E-state index in [1.165, 1.54) is 6.07 Å². The van der Waals surface area contributed by atoms with Crippen LogP contribution in [0, 0.1) is 17.1 Å². The first-order valence-corrected chi connectivity index (χ1v) is 5.89. The average Bonchev–Trinajstić information content (AvgIpc) is 2.34. The summed E-state index contributed by atoms with van der Waals surface area (Å²) in [5, 5.41) is 12.2. The molecule has 1 aromatic carbocycles. The van der Waals surface area contributed by atoms with Crippen LogP contribution in [0.5, 0.6) is 0 Å². The molecule has 0 amide bonds. The summed E-state index contributed by atoms with van der Waals surface area (Å²) in [6.07, 6.45) is 0.446. The van der Waals surface area contributed by atoms with Crippen LogP contribution in [-0.2, 0) is 0 Å². The van der Waals surface area contributed by atoms with Crippen LogP contribution in [0.3, 0.4) is 0 Å². The van der Waals surface area contributed by atoms with E-state index in [9.17, 15) is 4.39 Å². The molecule has 1 aliphatic heterocycles. The van der Waals surface area contributed by atoms with Crippen molar-refractivity contribution in [3.8, 4) is 6.07 Å². The molecule has 90 valence electrons. The topological polar surface area (TPSA) is 39.1 Å². The lowest BCUT2D eigenvalue weighted by molar-refractivity contribution is 0.480. The molecular formula is C12H13ClFN3. The Labute approximate surface area is 105 Å². The van der Waals surface area contributed by atoms with Crippen LogP contribution in [0.2, 0.25) is 5.02 Å². The minimum atomic E-state index is -0.414. The number of benzene rings is 1. The summed E-state index contributed by atoms with van der Waals surface area (Å²) in [7, 11) is 0.